The van der Waals surface area contributed by atoms with Gasteiger partial charge in [0.1, 0.15) is 0 Å². The second-order valence-corrected chi connectivity index (χ2v) is 6.25. The SMILES string of the molecule is OCc1ccc2c(c1)Sc1cc(CO)ccc1S2. The molecule has 0 unspecified atom stereocenters. The lowest BCUT2D eigenvalue weighted by atomic mass is 10.2. The first-order valence-electron chi connectivity index (χ1n) is 5.63. The van der Waals surface area contributed by atoms with E-state index in [2.05, 4.69) is 12.1 Å². The van der Waals surface area contributed by atoms with E-state index in [1.165, 1.54) is 19.6 Å². The van der Waals surface area contributed by atoms with E-state index >= 15 is 0 Å². The van der Waals surface area contributed by atoms with Crippen molar-refractivity contribution in [1.29, 1.82) is 0 Å². The third-order valence-electron chi connectivity index (χ3n) is 2.82. The standard InChI is InChI=1S/C14H12O2S2/c15-7-9-1-3-11-13(5-9)18-14-6-10(8-16)2-4-12(14)17-11/h1-6,15-16H,7-8H2. The zero-order valence-corrected chi connectivity index (χ0v) is 11.2. The van der Waals surface area contributed by atoms with Crippen molar-refractivity contribution in [2.45, 2.75) is 32.8 Å². The minimum atomic E-state index is 0.0715. The third-order valence-corrected chi connectivity index (χ3v) is 5.35. The van der Waals surface area contributed by atoms with Gasteiger partial charge in [-0.05, 0) is 35.4 Å². The van der Waals surface area contributed by atoms with Gasteiger partial charge in [0, 0.05) is 19.6 Å². The van der Waals surface area contributed by atoms with E-state index < -0.39 is 0 Å². The molecule has 0 saturated carbocycles. The molecule has 0 radical (unpaired) electrons. The molecule has 3 rings (SSSR count). The van der Waals surface area contributed by atoms with Crippen LogP contribution < -0.4 is 0 Å². The molecule has 0 spiro atoms. The summed E-state index contributed by atoms with van der Waals surface area (Å²) in [6.45, 7) is 0.143. The van der Waals surface area contributed by atoms with Crippen LogP contribution in [0.25, 0.3) is 0 Å². The molecule has 2 N–H and O–H groups in total. The summed E-state index contributed by atoms with van der Waals surface area (Å²) in [6, 6.07) is 12.1. The molecule has 2 aromatic carbocycles. The molecule has 0 amide bonds. The van der Waals surface area contributed by atoms with Crippen LogP contribution in [-0.4, -0.2) is 10.2 Å². The second-order valence-electron chi connectivity index (χ2n) is 4.08. The molecule has 0 aliphatic carbocycles. The van der Waals surface area contributed by atoms with Crippen molar-refractivity contribution >= 4 is 23.5 Å². The summed E-state index contributed by atoms with van der Waals surface area (Å²) in [5, 5.41) is 18.3. The zero-order chi connectivity index (χ0) is 12.5. The Hall–Kier alpha value is -0.940. The monoisotopic (exact) mass is 276 g/mol. The summed E-state index contributed by atoms with van der Waals surface area (Å²) in [5.74, 6) is 0. The molecular weight excluding hydrogens is 264 g/mol. The van der Waals surface area contributed by atoms with E-state index in [1.807, 2.05) is 24.3 Å². The topological polar surface area (TPSA) is 40.5 Å². The third kappa shape index (κ3) is 2.17. The van der Waals surface area contributed by atoms with E-state index in [0.717, 1.165) is 11.1 Å². The summed E-state index contributed by atoms with van der Waals surface area (Å²) in [6.07, 6.45) is 0. The Kier molecular flexibility index (Phi) is 3.35. The van der Waals surface area contributed by atoms with Crippen molar-refractivity contribution in [1.82, 2.24) is 0 Å². The van der Waals surface area contributed by atoms with E-state index in [9.17, 15) is 0 Å². The van der Waals surface area contributed by atoms with Crippen molar-refractivity contribution in [2.75, 3.05) is 0 Å². The lowest BCUT2D eigenvalue weighted by Gasteiger charge is -2.19. The molecule has 0 atom stereocenters. The van der Waals surface area contributed by atoms with Crippen molar-refractivity contribution in [3.05, 3.63) is 47.5 Å². The molecule has 0 saturated heterocycles. The van der Waals surface area contributed by atoms with Crippen LogP contribution in [0.4, 0.5) is 0 Å². The molecule has 1 aliphatic heterocycles. The van der Waals surface area contributed by atoms with Crippen LogP contribution in [0.2, 0.25) is 0 Å². The van der Waals surface area contributed by atoms with E-state index in [0.29, 0.717) is 0 Å². The van der Waals surface area contributed by atoms with Gasteiger partial charge in [0.2, 0.25) is 0 Å². The number of fused-ring (bicyclic) bond motifs is 2. The largest absolute Gasteiger partial charge is 0.392 e. The smallest absolute Gasteiger partial charge is 0.0682 e. The van der Waals surface area contributed by atoms with Gasteiger partial charge in [-0.1, -0.05) is 35.7 Å². The quantitative estimate of drug-likeness (QED) is 0.753. The number of aliphatic hydroxyl groups is 2. The molecular formula is C14H12O2S2. The maximum atomic E-state index is 9.17. The highest BCUT2D eigenvalue weighted by Crippen LogP contribution is 2.48. The summed E-state index contributed by atoms with van der Waals surface area (Å²) >= 11 is 3.44. The molecule has 1 aliphatic rings. The summed E-state index contributed by atoms with van der Waals surface area (Å²) < 4.78 is 0. The van der Waals surface area contributed by atoms with E-state index in [-0.39, 0.29) is 13.2 Å². The van der Waals surface area contributed by atoms with Gasteiger partial charge >= 0.3 is 0 Å². The predicted octanol–water partition coefficient (Wildman–Crippen LogP) is 3.29. The molecule has 0 bridgehead atoms. The number of benzene rings is 2. The molecule has 2 nitrogen and oxygen atoms in total. The average Bonchev–Trinajstić information content (AvgIpc) is 2.43. The Morgan fingerprint density at radius 3 is 1.56 bits per heavy atom. The molecule has 0 aromatic heterocycles. The van der Waals surface area contributed by atoms with Gasteiger partial charge < -0.3 is 10.2 Å². The van der Waals surface area contributed by atoms with E-state index in [1.54, 1.807) is 23.5 Å². The molecule has 4 heteroatoms. The Balaban J connectivity index is 2.01. The Morgan fingerprint density at radius 1 is 0.667 bits per heavy atom. The van der Waals surface area contributed by atoms with Crippen molar-refractivity contribution < 1.29 is 10.2 Å². The first-order chi connectivity index (χ1) is 8.80. The first kappa shape index (κ1) is 12.1. The van der Waals surface area contributed by atoms with Gasteiger partial charge in [-0.15, -0.1) is 0 Å². The van der Waals surface area contributed by atoms with Crippen LogP contribution in [0.15, 0.2) is 56.0 Å². The molecule has 0 fully saturated rings. The maximum absolute atomic E-state index is 9.17. The Morgan fingerprint density at radius 2 is 1.11 bits per heavy atom. The lowest BCUT2D eigenvalue weighted by Crippen LogP contribution is -1.93. The van der Waals surface area contributed by atoms with Crippen LogP contribution in [0, 0.1) is 0 Å². The maximum Gasteiger partial charge on any atom is 0.0682 e. The number of hydrogen-bond acceptors (Lipinski definition) is 4. The molecule has 92 valence electrons. The highest BCUT2D eigenvalue weighted by atomic mass is 32.2. The normalized spacial score (nSPS) is 13.0. The van der Waals surface area contributed by atoms with Gasteiger partial charge in [0.05, 0.1) is 13.2 Å². The van der Waals surface area contributed by atoms with Crippen LogP contribution in [0.1, 0.15) is 11.1 Å². The zero-order valence-electron chi connectivity index (χ0n) is 9.59. The fourth-order valence-corrected chi connectivity index (χ4v) is 4.19. The van der Waals surface area contributed by atoms with Crippen molar-refractivity contribution in [2.24, 2.45) is 0 Å². The predicted molar refractivity (Wildman–Crippen MR) is 73.0 cm³/mol. The Labute approximate surface area is 114 Å². The van der Waals surface area contributed by atoms with Crippen LogP contribution >= 0.6 is 23.5 Å². The second kappa shape index (κ2) is 4.97. The Bertz CT molecular complexity index is 545. The van der Waals surface area contributed by atoms with Gasteiger partial charge in [0.15, 0.2) is 0 Å². The van der Waals surface area contributed by atoms with Crippen molar-refractivity contribution in [3.63, 3.8) is 0 Å². The van der Waals surface area contributed by atoms with Crippen molar-refractivity contribution in [3.8, 4) is 0 Å². The van der Waals surface area contributed by atoms with Crippen LogP contribution in [0.5, 0.6) is 0 Å². The number of rotatable bonds is 2. The summed E-state index contributed by atoms with van der Waals surface area (Å²) in [5.41, 5.74) is 1.87. The fraction of sp³-hybridized carbons (Fsp3) is 0.143. The first-order valence-corrected chi connectivity index (χ1v) is 7.27. The molecule has 1 heterocycles. The van der Waals surface area contributed by atoms with Crippen LogP contribution in [0.3, 0.4) is 0 Å². The van der Waals surface area contributed by atoms with Gasteiger partial charge in [0.25, 0.3) is 0 Å². The van der Waals surface area contributed by atoms with Gasteiger partial charge in [-0.3, -0.25) is 0 Å². The summed E-state index contributed by atoms with van der Waals surface area (Å²) in [4.78, 5) is 4.80. The highest BCUT2D eigenvalue weighted by Gasteiger charge is 2.17. The number of aliphatic hydroxyl groups excluding tert-OH is 2. The highest BCUT2D eigenvalue weighted by molar-refractivity contribution is 8.05. The fourth-order valence-electron chi connectivity index (χ4n) is 1.87. The van der Waals surface area contributed by atoms with E-state index in [4.69, 9.17) is 10.2 Å². The van der Waals surface area contributed by atoms with Gasteiger partial charge in [-0.2, -0.15) is 0 Å². The molecule has 2 aromatic rings. The molecule has 18 heavy (non-hydrogen) atoms. The number of hydrogen-bond donors (Lipinski definition) is 2. The minimum absolute atomic E-state index is 0.0715. The van der Waals surface area contributed by atoms with Crippen LogP contribution in [-0.2, 0) is 13.2 Å². The average molecular weight is 276 g/mol. The minimum Gasteiger partial charge on any atom is -0.392 e. The lowest BCUT2D eigenvalue weighted by molar-refractivity contribution is 0.281. The summed E-state index contributed by atoms with van der Waals surface area (Å²) in [7, 11) is 0. The van der Waals surface area contributed by atoms with Gasteiger partial charge in [-0.25, -0.2) is 0 Å².